The second-order valence-electron chi connectivity index (χ2n) is 14.1. The zero-order valence-corrected chi connectivity index (χ0v) is 37.4. The predicted octanol–water partition coefficient (Wildman–Crippen LogP) is 11.8. The molecule has 3 atom stereocenters. The first-order chi connectivity index (χ1) is 29.1. The first-order valence-corrected chi connectivity index (χ1v) is 23.4. The zero-order chi connectivity index (χ0) is 44.2. The number of carboxylic acids is 1. The Hall–Kier alpha value is -3.86. The van der Waals surface area contributed by atoms with Crippen molar-refractivity contribution >= 4 is 25.7 Å². The van der Waals surface area contributed by atoms with Crippen LogP contribution in [0.25, 0.3) is 0 Å². The SMILES string of the molecule is CC/C=C\C/C=C\C/C=C\C/C=C\CCCCCCC(=O)O[C@H](COC(=O)CC/C=C\C/C=C\C/C=C\C/C=C\C/C=C\CCCCC)COP(=O)(O)OC[C@H](N)C(=O)O. The summed E-state index contributed by atoms with van der Waals surface area (Å²) in [5, 5.41) is 8.89. The summed E-state index contributed by atoms with van der Waals surface area (Å²) in [6, 6.07) is -1.54. The third-order valence-corrected chi connectivity index (χ3v) is 9.47. The number of hydrogen-bond donors (Lipinski definition) is 3. The van der Waals surface area contributed by atoms with Gasteiger partial charge in [-0.15, -0.1) is 0 Å². The van der Waals surface area contributed by atoms with Crippen molar-refractivity contribution < 1.29 is 47.5 Å². The van der Waals surface area contributed by atoms with Gasteiger partial charge in [0.25, 0.3) is 0 Å². The number of carbonyl (C=O) groups excluding carboxylic acids is 2. The molecule has 0 aliphatic heterocycles. The molecule has 0 fully saturated rings. The standard InChI is InChI=1S/C48H76NO10P/c1-3-5-7-9-11-13-15-17-19-21-22-24-25-27-29-31-33-35-37-39-46(50)56-41-44(42-57-60(54,55)58-43-45(49)48(52)53)59-47(51)40-38-36-34-32-30-28-26-23-20-18-16-14-12-10-8-6-4-2/h6,8,11-14,17-20,22,24,26-29,33,35,44-45H,3-5,7,9-10,15-16,21,23,25,30-32,34,36-43,49H2,1-2H3,(H,52,53)(H,54,55)/b8-6-,13-11-,14-12-,19-17-,20-18-,24-22-,28-26-,29-27-,35-33-/t44-,45+/m1/s1. The highest BCUT2D eigenvalue weighted by atomic mass is 31.2. The van der Waals surface area contributed by atoms with E-state index in [9.17, 15) is 23.8 Å². The molecule has 1 unspecified atom stereocenters. The van der Waals surface area contributed by atoms with Gasteiger partial charge in [0.2, 0.25) is 0 Å². The topological polar surface area (TPSA) is 172 Å². The van der Waals surface area contributed by atoms with E-state index in [1.54, 1.807) is 0 Å². The lowest BCUT2D eigenvalue weighted by Crippen LogP contribution is -2.34. The summed E-state index contributed by atoms with van der Waals surface area (Å²) in [6.07, 6.45) is 54.5. The first-order valence-electron chi connectivity index (χ1n) is 21.9. The van der Waals surface area contributed by atoms with Crippen LogP contribution in [0.4, 0.5) is 0 Å². The van der Waals surface area contributed by atoms with E-state index in [1.165, 1.54) is 19.3 Å². The van der Waals surface area contributed by atoms with Gasteiger partial charge in [-0.25, -0.2) is 4.57 Å². The molecule has 0 aliphatic carbocycles. The van der Waals surface area contributed by atoms with E-state index >= 15 is 0 Å². The van der Waals surface area contributed by atoms with Crippen LogP contribution in [0.5, 0.6) is 0 Å². The van der Waals surface area contributed by atoms with Crippen LogP contribution in [0, 0.1) is 0 Å². The first kappa shape index (κ1) is 56.1. The molecule has 60 heavy (non-hydrogen) atoms. The number of phosphoric acid groups is 1. The number of nitrogens with two attached hydrogens (primary N) is 1. The van der Waals surface area contributed by atoms with Crippen LogP contribution in [-0.2, 0) is 37.5 Å². The average Bonchev–Trinajstić information content (AvgIpc) is 3.22. The highest BCUT2D eigenvalue weighted by Crippen LogP contribution is 2.43. The van der Waals surface area contributed by atoms with Gasteiger partial charge in [-0.1, -0.05) is 149 Å². The monoisotopic (exact) mass is 858 g/mol. The number of hydrogen-bond acceptors (Lipinski definition) is 9. The summed E-state index contributed by atoms with van der Waals surface area (Å²) in [5.41, 5.74) is 5.33. The summed E-state index contributed by atoms with van der Waals surface area (Å²) in [6.45, 7) is 2.54. The lowest BCUT2D eigenvalue weighted by molar-refractivity contribution is -0.161. The van der Waals surface area contributed by atoms with E-state index in [0.29, 0.717) is 12.8 Å². The summed E-state index contributed by atoms with van der Waals surface area (Å²) >= 11 is 0. The molecule has 0 aliphatic rings. The van der Waals surface area contributed by atoms with Gasteiger partial charge in [-0.05, 0) is 89.9 Å². The van der Waals surface area contributed by atoms with Crippen molar-refractivity contribution in [1.82, 2.24) is 0 Å². The molecule has 0 aromatic carbocycles. The number of rotatable bonds is 39. The molecule has 0 rings (SSSR count). The Morgan fingerprint density at radius 2 is 0.967 bits per heavy atom. The molecule has 11 nitrogen and oxygen atoms in total. The van der Waals surface area contributed by atoms with E-state index in [1.807, 2.05) is 12.2 Å². The van der Waals surface area contributed by atoms with Crippen LogP contribution in [-0.4, -0.2) is 59.9 Å². The van der Waals surface area contributed by atoms with Crippen LogP contribution in [0.3, 0.4) is 0 Å². The van der Waals surface area contributed by atoms with Crippen molar-refractivity contribution in [1.29, 1.82) is 0 Å². The Bertz CT molecular complexity index is 1430. The third-order valence-electron chi connectivity index (χ3n) is 8.52. The number of allylic oxidation sites excluding steroid dienone is 18. The Kier molecular flexibility index (Phi) is 39.2. The average molecular weight is 858 g/mol. The zero-order valence-electron chi connectivity index (χ0n) is 36.5. The minimum Gasteiger partial charge on any atom is -0.480 e. The summed E-state index contributed by atoms with van der Waals surface area (Å²) < 4.78 is 32.6. The molecule has 0 amide bonds. The molecule has 0 spiro atoms. The summed E-state index contributed by atoms with van der Waals surface area (Å²) in [4.78, 5) is 45.9. The number of aliphatic carboxylic acids is 1. The molecular weight excluding hydrogens is 781 g/mol. The van der Waals surface area contributed by atoms with Crippen molar-refractivity contribution in [3.63, 3.8) is 0 Å². The van der Waals surface area contributed by atoms with E-state index in [0.717, 1.165) is 83.5 Å². The van der Waals surface area contributed by atoms with Crippen LogP contribution < -0.4 is 5.73 Å². The highest BCUT2D eigenvalue weighted by Gasteiger charge is 2.28. The largest absolute Gasteiger partial charge is 0.480 e. The summed E-state index contributed by atoms with van der Waals surface area (Å²) in [5.74, 6) is -2.53. The van der Waals surface area contributed by atoms with Crippen molar-refractivity contribution in [3.8, 4) is 0 Å². The number of esters is 2. The van der Waals surface area contributed by atoms with Gasteiger partial charge >= 0.3 is 25.7 Å². The fraction of sp³-hybridized carbons (Fsp3) is 0.562. The van der Waals surface area contributed by atoms with E-state index in [-0.39, 0.29) is 12.8 Å². The maximum Gasteiger partial charge on any atom is 0.472 e. The molecule has 0 radical (unpaired) electrons. The second-order valence-corrected chi connectivity index (χ2v) is 15.5. The lowest BCUT2D eigenvalue weighted by atomic mass is 10.1. The van der Waals surface area contributed by atoms with E-state index in [2.05, 4.69) is 116 Å². The van der Waals surface area contributed by atoms with E-state index < -0.39 is 57.7 Å². The Labute approximate surface area is 361 Å². The number of phosphoric ester groups is 1. The lowest BCUT2D eigenvalue weighted by Gasteiger charge is -2.20. The van der Waals surface area contributed by atoms with Gasteiger partial charge in [-0.2, -0.15) is 0 Å². The minimum absolute atomic E-state index is 0.0856. The molecular formula is C48H76NO10P. The van der Waals surface area contributed by atoms with Crippen LogP contribution in [0.1, 0.15) is 142 Å². The van der Waals surface area contributed by atoms with Crippen LogP contribution in [0.15, 0.2) is 109 Å². The van der Waals surface area contributed by atoms with Crippen molar-refractivity contribution in [2.24, 2.45) is 5.73 Å². The molecule has 0 saturated heterocycles. The third kappa shape index (κ3) is 40.9. The number of carbonyl (C=O) groups is 3. The summed E-state index contributed by atoms with van der Waals surface area (Å²) in [7, 11) is -4.75. The molecule has 4 N–H and O–H groups in total. The predicted molar refractivity (Wildman–Crippen MR) is 244 cm³/mol. The van der Waals surface area contributed by atoms with Crippen molar-refractivity contribution in [2.45, 2.75) is 154 Å². The number of carboxylic acid groups (broad SMARTS) is 1. The van der Waals surface area contributed by atoms with E-state index in [4.69, 9.17) is 24.8 Å². The molecule has 0 heterocycles. The number of unbranched alkanes of at least 4 members (excludes halogenated alkanes) is 7. The smallest absolute Gasteiger partial charge is 0.472 e. The fourth-order valence-corrected chi connectivity index (χ4v) is 5.87. The van der Waals surface area contributed by atoms with Crippen LogP contribution >= 0.6 is 7.82 Å². The Morgan fingerprint density at radius 1 is 0.533 bits per heavy atom. The Balaban J connectivity index is 4.55. The van der Waals surface area contributed by atoms with Crippen molar-refractivity contribution in [3.05, 3.63) is 109 Å². The molecule has 0 aromatic rings. The molecule has 338 valence electrons. The molecule has 0 saturated carbocycles. The Morgan fingerprint density at radius 3 is 1.45 bits per heavy atom. The maximum absolute atomic E-state index is 12.6. The second kappa shape index (κ2) is 41.9. The number of ether oxygens (including phenoxy) is 2. The van der Waals surface area contributed by atoms with Crippen LogP contribution in [0.2, 0.25) is 0 Å². The molecule has 0 aromatic heterocycles. The van der Waals surface area contributed by atoms with Gasteiger partial charge in [-0.3, -0.25) is 23.4 Å². The minimum atomic E-state index is -4.75. The normalized spacial score (nSPS) is 14.7. The highest BCUT2D eigenvalue weighted by molar-refractivity contribution is 7.47. The maximum atomic E-state index is 12.6. The fourth-order valence-electron chi connectivity index (χ4n) is 5.10. The quantitative estimate of drug-likeness (QED) is 0.0232. The van der Waals surface area contributed by atoms with Gasteiger partial charge in [0, 0.05) is 12.8 Å². The molecule has 0 bridgehead atoms. The van der Waals surface area contributed by atoms with Gasteiger partial charge in [0.05, 0.1) is 13.2 Å². The van der Waals surface area contributed by atoms with Gasteiger partial charge in [0.1, 0.15) is 12.6 Å². The molecule has 12 heteroatoms. The van der Waals surface area contributed by atoms with Gasteiger partial charge in [0.15, 0.2) is 6.10 Å². The van der Waals surface area contributed by atoms with Crippen molar-refractivity contribution in [2.75, 3.05) is 19.8 Å². The van der Waals surface area contributed by atoms with Gasteiger partial charge < -0.3 is 25.2 Å².